The Balaban J connectivity index is 2.33. The number of aromatic hydroxyl groups is 1. The number of phenolic OH excluding ortho intramolecular Hbond substituents is 1. The number of hydrogen-bond donors (Lipinski definition) is 1. The average molecular weight is 367 g/mol. The summed E-state index contributed by atoms with van der Waals surface area (Å²) in [6.45, 7) is 12.8. The normalized spacial score (nSPS) is 12.6. The molecule has 0 aromatic heterocycles. The highest BCUT2D eigenvalue weighted by Gasteiger charge is 2.27. The van der Waals surface area contributed by atoms with Crippen LogP contribution in [0.15, 0.2) is 48.5 Å². The highest BCUT2D eigenvalue weighted by Crippen LogP contribution is 2.43. The van der Waals surface area contributed by atoms with Gasteiger partial charge in [0.2, 0.25) is 0 Å². The maximum atomic E-state index is 10.9. The smallest absolute Gasteiger partial charge is 0.123 e. The molecule has 0 fully saturated rings. The molecule has 3 aromatic carbocycles. The van der Waals surface area contributed by atoms with Crippen molar-refractivity contribution in [3.8, 4) is 16.9 Å². The van der Waals surface area contributed by atoms with E-state index in [2.05, 4.69) is 71.9 Å². The zero-order valence-corrected chi connectivity index (χ0v) is 17.2. The standard InChI is InChI=1S/C24H27ClO/c1-23(2,3)19-12-17(13-20(22(19)26)24(4,5)6)18-11-15-9-7-8-10-16(15)14-21(18)25/h7-14,26H,1-6H3. The predicted octanol–water partition coefficient (Wildman–Crippen LogP) is 7.46. The van der Waals surface area contributed by atoms with Gasteiger partial charge in [-0.1, -0.05) is 77.4 Å². The van der Waals surface area contributed by atoms with Gasteiger partial charge in [0.15, 0.2) is 0 Å². The Morgan fingerprint density at radius 2 is 1.19 bits per heavy atom. The fourth-order valence-corrected chi connectivity index (χ4v) is 3.65. The first-order valence-corrected chi connectivity index (χ1v) is 9.43. The van der Waals surface area contributed by atoms with Crippen LogP contribution in [0.5, 0.6) is 5.75 Å². The van der Waals surface area contributed by atoms with Crippen LogP contribution in [-0.2, 0) is 10.8 Å². The first kappa shape index (κ1) is 18.8. The molecular formula is C24H27ClO. The molecular weight excluding hydrogens is 340 g/mol. The van der Waals surface area contributed by atoms with Crippen LogP contribution in [-0.4, -0.2) is 5.11 Å². The third-order valence-electron chi connectivity index (χ3n) is 4.87. The number of benzene rings is 3. The second-order valence-corrected chi connectivity index (χ2v) is 9.51. The Bertz CT molecular complexity index is 937. The molecule has 26 heavy (non-hydrogen) atoms. The summed E-state index contributed by atoms with van der Waals surface area (Å²) in [7, 11) is 0. The zero-order chi connectivity index (χ0) is 19.3. The largest absolute Gasteiger partial charge is 0.507 e. The van der Waals surface area contributed by atoms with Crippen LogP contribution in [0.25, 0.3) is 21.9 Å². The summed E-state index contributed by atoms with van der Waals surface area (Å²) < 4.78 is 0. The van der Waals surface area contributed by atoms with Crippen molar-refractivity contribution < 1.29 is 5.11 Å². The van der Waals surface area contributed by atoms with Crippen LogP contribution in [0.4, 0.5) is 0 Å². The third kappa shape index (κ3) is 3.46. The van der Waals surface area contributed by atoms with Crippen LogP contribution < -0.4 is 0 Å². The van der Waals surface area contributed by atoms with Crippen LogP contribution in [0.3, 0.4) is 0 Å². The summed E-state index contributed by atoms with van der Waals surface area (Å²) in [5, 5.41) is 14.0. The molecule has 0 heterocycles. The molecule has 0 radical (unpaired) electrons. The van der Waals surface area contributed by atoms with E-state index in [1.54, 1.807) is 0 Å². The Kier molecular flexibility index (Phi) is 4.56. The van der Waals surface area contributed by atoms with Gasteiger partial charge in [0, 0.05) is 21.7 Å². The molecule has 0 unspecified atom stereocenters. The lowest BCUT2D eigenvalue weighted by Gasteiger charge is -2.28. The maximum absolute atomic E-state index is 10.9. The van der Waals surface area contributed by atoms with E-state index >= 15 is 0 Å². The molecule has 1 N–H and O–H groups in total. The SMILES string of the molecule is CC(C)(C)c1cc(-c2cc3ccccc3cc2Cl)cc(C(C)(C)C)c1O. The fraction of sp³-hybridized carbons (Fsp3) is 0.333. The van der Waals surface area contributed by atoms with Crippen LogP contribution in [0.2, 0.25) is 5.02 Å². The Morgan fingerprint density at radius 1 is 0.731 bits per heavy atom. The Hall–Kier alpha value is -1.99. The second kappa shape index (κ2) is 6.32. The molecule has 3 rings (SSSR count). The van der Waals surface area contributed by atoms with E-state index in [4.69, 9.17) is 11.6 Å². The first-order chi connectivity index (χ1) is 12.0. The summed E-state index contributed by atoms with van der Waals surface area (Å²) in [5.74, 6) is 0.394. The Morgan fingerprint density at radius 3 is 1.65 bits per heavy atom. The van der Waals surface area contributed by atoms with Crippen molar-refractivity contribution in [2.24, 2.45) is 0 Å². The minimum Gasteiger partial charge on any atom is -0.507 e. The van der Waals surface area contributed by atoms with Crippen LogP contribution in [0, 0.1) is 0 Å². The van der Waals surface area contributed by atoms with Gasteiger partial charge in [-0.25, -0.2) is 0 Å². The molecule has 0 aliphatic carbocycles. The quantitative estimate of drug-likeness (QED) is 0.473. The number of rotatable bonds is 1. The van der Waals surface area contributed by atoms with Gasteiger partial charge in [-0.15, -0.1) is 0 Å². The van der Waals surface area contributed by atoms with E-state index in [9.17, 15) is 5.11 Å². The van der Waals surface area contributed by atoms with Gasteiger partial charge in [-0.3, -0.25) is 0 Å². The van der Waals surface area contributed by atoms with Crippen molar-refractivity contribution in [3.63, 3.8) is 0 Å². The number of fused-ring (bicyclic) bond motifs is 1. The van der Waals surface area contributed by atoms with Crippen LogP contribution >= 0.6 is 11.6 Å². The second-order valence-electron chi connectivity index (χ2n) is 9.10. The fourth-order valence-electron chi connectivity index (χ4n) is 3.37. The average Bonchev–Trinajstić information content (AvgIpc) is 2.52. The van der Waals surface area contributed by atoms with Crippen molar-refractivity contribution in [1.82, 2.24) is 0 Å². The van der Waals surface area contributed by atoms with E-state index in [1.165, 1.54) is 0 Å². The van der Waals surface area contributed by atoms with Crippen molar-refractivity contribution >= 4 is 22.4 Å². The summed E-state index contributed by atoms with van der Waals surface area (Å²) >= 11 is 6.65. The molecule has 0 aliphatic rings. The molecule has 0 saturated carbocycles. The highest BCUT2D eigenvalue weighted by molar-refractivity contribution is 6.34. The minimum absolute atomic E-state index is 0.163. The molecule has 0 spiro atoms. The van der Waals surface area contributed by atoms with E-state index in [0.717, 1.165) is 38.0 Å². The number of halogens is 1. The van der Waals surface area contributed by atoms with Gasteiger partial charge < -0.3 is 5.11 Å². The van der Waals surface area contributed by atoms with Crippen molar-refractivity contribution in [3.05, 3.63) is 64.7 Å². The zero-order valence-electron chi connectivity index (χ0n) is 16.4. The molecule has 1 nitrogen and oxygen atoms in total. The number of phenols is 1. The van der Waals surface area contributed by atoms with E-state index in [-0.39, 0.29) is 10.8 Å². The number of hydrogen-bond acceptors (Lipinski definition) is 1. The van der Waals surface area contributed by atoms with Crippen molar-refractivity contribution in [2.75, 3.05) is 0 Å². The van der Waals surface area contributed by atoms with Gasteiger partial charge in [0.05, 0.1) is 0 Å². The lowest BCUT2D eigenvalue weighted by molar-refractivity contribution is 0.423. The highest BCUT2D eigenvalue weighted by atomic mass is 35.5. The maximum Gasteiger partial charge on any atom is 0.123 e. The molecule has 0 aliphatic heterocycles. The van der Waals surface area contributed by atoms with Crippen molar-refractivity contribution in [1.29, 1.82) is 0 Å². The lowest BCUT2D eigenvalue weighted by Crippen LogP contribution is -2.17. The summed E-state index contributed by atoms with van der Waals surface area (Å²) in [5.41, 5.74) is 3.62. The molecule has 0 amide bonds. The van der Waals surface area contributed by atoms with Gasteiger partial charge in [0.1, 0.15) is 5.75 Å². The van der Waals surface area contributed by atoms with Gasteiger partial charge in [-0.05, 0) is 51.4 Å². The molecule has 136 valence electrons. The minimum atomic E-state index is -0.163. The summed E-state index contributed by atoms with van der Waals surface area (Å²) in [6.07, 6.45) is 0. The first-order valence-electron chi connectivity index (χ1n) is 9.05. The monoisotopic (exact) mass is 366 g/mol. The predicted molar refractivity (Wildman–Crippen MR) is 113 cm³/mol. The summed E-state index contributed by atoms with van der Waals surface area (Å²) in [4.78, 5) is 0. The van der Waals surface area contributed by atoms with Gasteiger partial charge in [-0.2, -0.15) is 0 Å². The van der Waals surface area contributed by atoms with E-state index < -0.39 is 0 Å². The molecule has 2 heteroatoms. The van der Waals surface area contributed by atoms with Crippen molar-refractivity contribution in [2.45, 2.75) is 52.4 Å². The lowest BCUT2D eigenvalue weighted by atomic mass is 9.77. The topological polar surface area (TPSA) is 20.2 Å². The molecule has 0 atom stereocenters. The van der Waals surface area contributed by atoms with Crippen LogP contribution in [0.1, 0.15) is 52.7 Å². The van der Waals surface area contributed by atoms with E-state index in [0.29, 0.717) is 5.75 Å². The van der Waals surface area contributed by atoms with Gasteiger partial charge in [0.25, 0.3) is 0 Å². The van der Waals surface area contributed by atoms with Gasteiger partial charge >= 0.3 is 0 Å². The Labute approximate surface area is 161 Å². The molecule has 0 saturated heterocycles. The third-order valence-corrected chi connectivity index (χ3v) is 5.19. The molecule has 0 bridgehead atoms. The summed E-state index contributed by atoms with van der Waals surface area (Å²) in [6, 6.07) is 16.6. The molecule has 3 aromatic rings. The van der Waals surface area contributed by atoms with E-state index in [1.807, 2.05) is 18.2 Å².